The highest BCUT2D eigenvalue weighted by atomic mass is 32.1. The third-order valence-corrected chi connectivity index (χ3v) is 3.75. The van der Waals surface area contributed by atoms with Crippen LogP contribution in [0.1, 0.15) is 30.2 Å². The molecule has 1 saturated heterocycles. The average molecular weight is 212 g/mol. The Balaban J connectivity index is 2.27. The lowest BCUT2D eigenvalue weighted by Crippen LogP contribution is -2.37. The van der Waals surface area contributed by atoms with E-state index in [4.69, 9.17) is 4.74 Å². The Kier molecular flexibility index (Phi) is 2.64. The Morgan fingerprint density at radius 3 is 3.00 bits per heavy atom. The summed E-state index contributed by atoms with van der Waals surface area (Å²) in [6.07, 6.45) is 1.59. The van der Waals surface area contributed by atoms with Crippen LogP contribution >= 0.6 is 11.3 Å². The maximum atomic E-state index is 10.5. The molecule has 0 amide bonds. The van der Waals surface area contributed by atoms with Crippen molar-refractivity contribution in [2.75, 3.05) is 6.61 Å². The summed E-state index contributed by atoms with van der Waals surface area (Å²) in [6, 6.07) is 2.04. The van der Waals surface area contributed by atoms with E-state index >= 15 is 0 Å². The number of rotatable bonds is 1. The second-order valence-electron chi connectivity index (χ2n) is 4.06. The van der Waals surface area contributed by atoms with E-state index in [1.54, 1.807) is 11.3 Å². The molecule has 0 spiro atoms. The number of ether oxygens (including phenoxy) is 1. The molecule has 1 aliphatic heterocycles. The van der Waals surface area contributed by atoms with Gasteiger partial charge in [0.25, 0.3) is 0 Å². The molecule has 78 valence electrons. The number of thiophene rings is 1. The summed E-state index contributed by atoms with van der Waals surface area (Å²) in [5.41, 5.74) is 0.444. The molecule has 14 heavy (non-hydrogen) atoms. The summed E-state index contributed by atoms with van der Waals surface area (Å²) in [5.74, 6) is 0. The van der Waals surface area contributed by atoms with E-state index in [9.17, 15) is 5.11 Å². The summed E-state index contributed by atoms with van der Waals surface area (Å²) < 4.78 is 5.45. The van der Waals surface area contributed by atoms with Crippen LogP contribution in [0.15, 0.2) is 11.4 Å². The van der Waals surface area contributed by atoms with E-state index in [2.05, 4.69) is 6.92 Å². The van der Waals surface area contributed by atoms with Crippen LogP contribution in [-0.4, -0.2) is 17.8 Å². The first-order valence-electron chi connectivity index (χ1n) is 5.00. The zero-order chi connectivity index (χ0) is 10.2. The highest BCUT2D eigenvalue weighted by Gasteiger charge is 2.36. The third kappa shape index (κ3) is 1.72. The third-order valence-electron chi connectivity index (χ3n) is 2.90. The summed E-state index contributed by atoms with van der Waals surface area (Å²) in [6.45, 7) is 4.75. The summed E-state index contributed by atoms with van der Waals surface area (Å²) >= 11 is 1.70. The van der Waals surface area contributed by atoms with Gasteiger partial charge in [0.1, 0.15) is 0 Å². The second-order valence-corrected chi connectivity index (χ2v) is 5.18. The van der Waals surface area contributed by atoms with E-state index in [1.165, 1.54) is 4.88 Å². The van der Waals surface area contributed by atoms with Crippen LogP contribution in [0.25, 0.3) is 0 Å². The van der Waals surface area contributed by atoms with Crippen LogP contribution < -0.4 is 0 Å². The topological polar surface area (TPSA) is 29.5 Å². The van der Waals surface area contributed by atoms with Crippen LogP contribution in [-0.2, 0) is 10.3 Å². The van der Waals surface area contributed by atoms with E-state index in [0.717, 1.165) is 12.0 Å². The highest BCUT2D eigenvalue weighted by Crippen LogP contribution is 2.37. The van der Waals surface area contributed by atoms with Gasteiger partial charge in [0.15, 0.2) is 0 Å². The van der Waals surface area contributed by atoms with Gasteiger partial charge in [-0.2, -0.15) is 0 Å². The van der Waals surface area contributed by atoms with Crippen LogP contribution in [0, 0.1) is 6.92 Å². The first kappa shape index (κ1) is 10.1. The van der Waals surface area contributed by atoms with Crippen molar-refractivity contribution in [3.63, 3.8) is 0 Å². The van der Waals surface area contributed by atoms with Crippen molar-refractivity contribution in [2.24, 2.45) is 0 Å². The molecule has 2 nitrogen and oxygen atoms in total. The summed E-state index contributed by atoms with van der Waals surface area (Å²) in [7, 11) is 0. The molecule has 0 saturated carbocycles. The molecule has 1 fully saturated rings. The van der Waals surface area contributed by atoms with Crippen molar-refractivity contribution < 1.29 is 9.84 Å². The number of aliphatic hydroxyl groups is 1. The molecule has 2 rings (SSSR count). The zero-order valence-corrected chi connectivity index (χ0v) is 9.43. The van der Waals surface area contributed by atoms with E-state index < -0.39 is 5.60 Å². The molecule has 0 bridgehead atoms. The second kappa shape index (κ2) is 3.65. The van der Waals surface area contributed by atoms with Gasteiger partial charge < -0.3 is 9.84 Å². The molecule has 2 heterocycles. The van der Waals surface area contributed by atoms with Crippen LogP contribution in [0.5, 0.6) is 0 Å². The smallest absolute Gasteiger partial charge is 0.0953 e. The Morgan fingerprint density at radius 2 is 2.43 bits per heavy atom. The maximum Gasteiger partial charge on any atom is 0.0953 e. The molecule has 1 aromatic heterocycles. The number of hydrogen-bond donors (Lipinski definition) is 1. The monoisotopic (exact) mass is 212 g/mol. The molecule has 1 aromatic rings. The summed E-state index contributed by atoms with van der Waals surface area (Å²) in [4.78, 5) is 1.22. The van der Waals surface area contributed by atoms with E-state index in [-0.39, 0.29) is 6.10 Å². The van der Waals surface area contributed by atoms with Crippen LogP contribution in [0.2, 0.25) is 0 Å². The first-order valence-corrected chi connectivity index (χ1v) is 5.88. The highest BCUT2D eigenvalue weighted by molar-refractivity contribution is 7.10. The van der Waals surface area contributed by atoms with Gasteiger partial charge in [0, 0.05) is 17.7 Å². The minimum atomic E-state index is -0.651. The van der Waals surface area contributed by atoms with Crippen molar-refractivity contribution in [3.05, 3.63) is 21.9 Å². The predicted octanol–water partition coefficient (Wildman–Crippen LogP) is 2.44. The quantitative estimate of drug-likeness (QED) is 0.774. The Morgan fingerprint density at radius 1 is 1.64 bits per heavy atom. The molecule has 0 aromatic carbocycles. The van der Waals surface area contributed by atoms with Gasteiger partial charge in [-0.05, 0) is 30.9 Å². The van der Waals surface area contributed by atoms with E-state index in [1.807, 2.05) is 18.4 Å². The Bertz CT molecular complexity index is 321. The molecular weight excluding hydrogens is 196 g/mol. The molecular formula is C11H16O2S. The van der Waals surface area contributed by atoms with Crippen molar-refractivity contribution >= 4 is 11.3 Å². The molecule has 2 unspecified atom stereocenters. The van der Waals surface area contributed by atoms with Gasteiger partial charge in [-0.1, -0.05) is 0 Å². The lowest BCUT2D eigenvalue weighted by Gasteiger charge is -2.35. The fourth-order valence-corrected chi connectivity index (χ4v) is 2.97. The minimum Gasteiger partial charge on any atom is -0.385 e. The fraction of sp³-hybridized carbons (Fsp3) is 0.636. The predicted molar refractivity (Wildman–Crippen MR) is 57.6 cm³/mol. The lowest BCUT2D eigenvalue weighted by atomic mass is 9.84. The van der Waals surface area contributed by atoms with Crippen LogP contribution in [0.4, 0.5) is 0 Å². The van der Waals surface area contributed by atoms with E-state index in [0.29, 0.717) is 13.0 Å². The van der Waals surface area contributed by atoms with Crippen LogP contribution in [0.3, 0.4) is 0 Å². The van der Waals surface area contributed by atoms with Gasteiger partial charge in [0.2, 0.25) is 0 Å². The first-order chi connectivity index (χ1) is 6.62. The molecule has 0 aliphatic carbocycles. The molecule has 2 atom stereocenters. The van der Waals surface area contributed by atoms with Crippen molar-refractivity contribution in [1.29, 1.82) is 0 Å². The molecule has 1 aliphatic rings. The molecule has 3 heteroatoms. The Labute approximate surface area is 88.5 Å². The van der Waals surface area contributed by atoms with Gasteiger partial charge in [-0.25, -0.2) is 0 Å². The zero-order valence-electron chi connectivity index (χ0n) is 8.62. The van der Waals surface area contributed by atoms with Gasteiger partial charge >= 0.3 is 0 Å². The lowest BCUT2D eigenvalue weighted by molar-refractivity contribution is -0.101. The van der Waals surface area contributed by atoms with Crippen molar-refractivity contribution in [3.8, 4) is 0 Å². The molecule has 1 N–H and O–H groups in total. The van der Waals surface area contributed by atoms with Gasteiger partial charge in [-0.15, -0.1) is 11.3 Å². The fourth-order valence-electron chi connectivity index (χ4n) is 2.18. The van der Waals surface area contributed by atoms with Crippen molar-refractivity contribution in [2.45, 2.75) is 38.4 Å². The van der Waals surface area contributed by atoms with Crippen molar-refractivity contribution in [1.82, 2.24) is 0 Å². The number of hydrogen-bond acceptors (Lipinski definition) is 3. The molecule has 0 radical (unpaired) electrons. The van der Waals surface area contributed by atoms with Gasteiger partial charge in [-0.3, -0.25) is 0 Å². The normalized spacial score (nSPS) is 33.2. The average Bonchev–Trinajstić information content (AvgIpc) is 2.51. The largest absolute Gasteiger partial charge is 0.385 e. The SMILES string of the molecule is Cc1sccc1C1(O)CCOC(C)C1. The minimum absolute atomic E-state index is 0.160. The Hall–Kier alpha value is -0.380. The standard InChI is InChI=1S/C11H16O2S/c1-8-7-11(12,4-5-13-8)10-3-6-14-9(10)2/h3,6,8,12H,4-5,7H2,1-2H3. The van der Waals surface area contributed by atoms with Gasteiger partial charge in [0.05, 0.1) is 18.3 Å². The number of aryl methyl sites for hydroxylation is 1. The maximum absolute atomic E-state index is 10.5. The summed E-state index contributed by atoms with van der Waals surface area (Å²) in [5, 5.41) is 12.6.